The third-order valence-electron chi connectivity index (χ3n) is 4.92. The van der Waals surface area contributed by atoms with E-state index in [1.165, 1.54) is 103 Å². The normalized spacial score (nSPS) is 20.0. The third-order valence-corrected chi connectivity index (χ3v) is 4.92. The van der Waals surface area contributed by atoms with Gasteiger partial charge in [0.1, 0.15) is 0 Å². The van der Waals surface area contributed by atoms with E-state index in [1.807, 2.05) is 0 Å². The van der Waals surface area contributed by atoms with Gasteiger partial charge in [-0.15, -0.1) is 0 Å². The first kappa shape index (κ1) is 19.0. The molecule has 1 aliphatic rings. The Morgan fingerprint density at radius 3 is 2.14 bits per heavy atom. The highest BCUT2D eigenvalue weighted by Gasteiger charge is 2.18. The van der Waals surface area contributed by atoms with Crippen molar-refractivity contribution in [2.24, 2.45) is 5.92 Å². The van der Waals surface area contributed by atoms with Crippen LogP contribution in [0.1, 0.15) is 84.0 Å². The third kappa shape index (κ3) is 10.3. The summed E-state index contributed by atoms with van der Waals surface area (Å²) in [5.74, 6) is 0.895. The van der Waals surface area contributed by atoms with Gasteiger partial charge < -0.3 is 10.2 Å². The van der Waals surface area contributed by atoms with Crippen molar-refractivity contribution in [1.82, 2.24) is 10.2 Å². The first-order valence-electron chi connectivity index (χ1n) is 9.73. The minimum absolute atomic E-state index is 0.895. The van der Waals surface area contributed by atoms with Gasteiger partial charge in [0.25, 0.3) is 0 Å². The Balaban J connectivity index is 1.85. The maximum atomic E-state index is 3.34. The molecule has 0 aromatic heterocycles. The van der Waals surface area contributed by atoms with Crippen LogP contribution in [-0.4, -0.2) is 38.1 Å². The van der Waals surface area contributed by atoms with Crippen molar-refractivity contribution in [3.05, 3.63) is 0 Å². The quantitative estimate of drug-likeness (QED) is 0.489. The number of rotatable bonds is 13. The van der Waals surface area contributed by atoms with Crippen molar-refractivity contribution < 1.29 is 0 Å². The van der Waals surface area contributed by atoms with Crippen LogP contribution in [0.4, 0.5) is 0 Å². The highest BCUT2D eigenvalue weighted by Crippen LogP contribution is 2.17. The molecule has 1 rings (SSSR count). The second-order valence-corrected chi connectivity index (χ2v) is 7.05. The highest BCUT2D eigenvalue weighted by atomic mass is 15.1. The smallest absolute Gasteiger partial charge is 0.00218 e. The summed E-state index contributed by atoms with van der Waals surface area (Å²) in [5, 5.41) is 3.34. The first-order chi connectivity index (χ1) is 10.4. The molecule has 0 aliphatic carbocycles. The largest absolute Gasteiger partial charge is 0.319 e. The Morgan fingerprint density at radius 1 is 0.905 bits per heavy atom. The number of hydrogen-bond donors (Lipinski definition) is 1. The summed E-state index contributed by atoms with van der Waals surface area (Å²) >= 11 is 0. The van der Waals surface area contributed by atoms with Crippen molar-refractivity contribution in [3.8, 4) is 0 Å². The fourth-order valence-corrected chi connectivity index (χ4v) is 3.63. The van der Waals surface area contributed by atoms with E-state index in [1.54, 1.807) is 0 Å². The van der Waals surface area contributed by atoms with Gasteiger partial charge in [-0.1, -0.05) is 64.7 Å². The number of piperidine rings is 1. The van der Waals surface area contributed by atoms with Crippen molar-refractivity contribution in [3.63, 3.8) is 0 Å². The maximum absolute atomic E-state index is 3.34. The molecule has 0 aromatic rings. The van der Waals surface area contributed by atoms with Crippen molar-refractivity contribution >= 4 is 0 Å². The standard InChI is InChI=1S/C19H40N2/c1-3-4-5-6-7-8-9-10-11-12-15-21-16-13-14-19(18-21)17-20-2/h19-20H,3-18H2,1-2H3. The second-order valence-electron chi connectivity index (χ2n) is 7.05. The van der Waals surface area contributed by atoms with Crippen LogP contribution in [-0.2, 0) is 0 Å². The zero-order valence-electron chi connectivity index (χ0n) is 14.8. The fraction of sp³-hybridized carbons (Fsp3) is 1.00. The molecule has 0 radical (unpaired) electrons. The molecule has 0 aromatic carbocycles. The Labute approximate surface area is 134 Å². The van der Waals surface area contributed by atoms with Gasteiger partial charge in [-0.05, 0) is 51.9 Å². The zero-order valence-corrected chi connectivity index (χ0v) is 14.8. The van der Waals surface area contributed by atoms with Crippen LogP contribution in [0.5, 0.6) is 0 Å². The summed E-state index contributed by atoms with van der Waals surface area (Å²) < 4.78 is 0. The van der Waals surface area contributed by atoms with E-state index in [4.69, 9.17) is 0 Å². The number of likely N-dealkylation sites (tertiary alicyclic amines) is 1. The Morgan fingerprint density at radius 2 is 1.52 bits per heavy atom. The molecule has 2 heteroatoms. The number of hydrogen-bond acceptors (Lipinski definition) is 2. The van der Waals surface area contributed by atoms with Gasteiger partial charge in [0.05, 0.1) is 0 Å². The molecule has 1 atom stereocenters. The molecule has 0 bridgehead atoms. The summed E-state index contributed by atoms with van der Waals surface area (Å²) in [6, 6.07) is 0. The first-order valence-corrected chi connectivity index (χ1v) is 9.73. The van der Waals surface area contributed by atoms with Crippen LogP contribution in [0, 0.1) is 5.92 Å². The van der Waals surface area contributed by atoms with E-state index in [-0.39, 0.29) is 0 Å². The molecule has 1 heterocycles. The van der Waals surface area contributed by atoms with Crippen LogP contribution in [0.15, 0.2) is 0 Å². The lowest BCUT2D eigenvalue weighted by atomic mass is 9.97. The Bertz CT molecular complexity index is 216. The zero-order chi connectivity index (χ0) is 15.2. The van der Waals surface area contributed by atoms with Crippen molar-refractivity contribution in [2.75, 3.05) is 33.2 Å². The summed E-state index contributed by atoms with van der Waals surface area (Å²) in [7, 11) is 2.08. The predicted octanol–water partition coefficient (Wildman–Crippen LogP) is 4.84. The predicted molar refractivity (Wildman–Crippen MR) is 94.9 cm³/mol. The van der Waals surface area contributed by atoms with Crippen LogP contribution < -0.4 is 5.32 Å². The summed E-state index contributed by atoms with van der Waals surface area (Å²) in [6.45, 7) is 7.52. The molecule has 126 valence electrons. The lowest BCUT2D eigenvalue weighted by Crippen LogP contribution is -2.39. The minimum atomic E-state index is 0.895. The lowest BCUT2D eigenvalue weighted by Gasteiger charge is -2.32. The van der Waals surface area contributed by atoms with Gasteiger partial charge in [-0.25, -0.2) is 0 Å². The SMILES string of the molecule is CCCCCCCCCCCCN1CCCC(CNC)C1. The Kier molecular flexibility index (Phi) is 12.3. The molecule has 1 unspecified atom stereocenters. The van der Waals surface area contributed by atoms with Gasteiger partial charge >= 0.3 is 0 Å². The maximum Gasteiger partial charge on any atom is 0.00218 e. The molecule has 21 heavy (non-hydrogen) atoms. The fourth-order valence-electron chi connectivity index (χ4n) is 3.63. The van der Waals surface area contributed by atoms with Crippen LogP contribution in [0.3, 0.4) is 0 Å². The molecule has 0 spiro atoms. The Hall–Kier alpha value is -0.0800. The molecule has 1 saturated heterocycles. The summed E-state index contributed by atoms with van der Waals surface area (Å²) in [5.41, 5.74) is 0. The topological polar surface area (TPSA) is 15.3 Å². The van der Waals surface area contributed by atoms with E-state index in [0.717, 1.165) is 5.92 Å². The van der Waals surface area contributed by atoms with E-state index in [2.05, 4.69) is 24.2 Å². The van der Waals surface area contributed by atoms with Gasteiger partial charge in [-0.2, -0.15) is 0 Å². The second kappa shape index (κ2) is 13.6. The molecule has 1 N–H and O–H groups in total. The average molecular weight is 297 g/mol. The number of unbranched alkanes of at least 4 members (excludes halogenated alkanes) is 9. The van der Waals surface area contributed by atoms with Crippen LogP contribution in [0.25, 0.3) is 0 Å². The molecule has 0 amide bonds. The van der Waals surface area contributed by atoms with Gasteiger partial charge in [-0.3, -0.25) is 0 Å². The molecule has 1 aliphatic heterocycles. The average Bonchev–Trinajstić information content (AvgIpc) is 2.50. The monoisotopic (exact) mass is 296 g/mol. The van der Waals surface area contributed by atoms with Crippen LogP contribution in [0.2, 0.25) is 0 Å². The van der Waals surface area contributed by atoms with Gasteiger partial charge in [0, 0.05) is 6.54 Å². The minimum Gasteiger partial charge on any atom is -0.319 e. The van der Waals surface area contributed by atoms with Crippen molar-refractivity contribution in [2.45, 2.75) is 84.0 Å². The number of nitrogens with one attached hydrogen (secondary N) is 1. The van der Waals surface area contributed by atoms with Gasteiger partial charge in [0.2, 0.25) is 0 Å². The lowest BCUT2D eigenvalue weighted by molar-refractivity contribution is 0.171. The highest BCUT2D eigenvalue weighted by molar-refractivity contribution is 4.74. The molecule has 0 saturated carbocycles. The number of nitrogens with zero attached hydrogens (tertiary/aromatic N) is 1. The van der Waals surface area contributed by atoms with E-state index in [9.17, 15) is 0 Å². The molecular weight excluding hydrogens is 256 g/mol. The van der Waals surface area contributed by atoms with E-state index in [0.29, 0.717) is 0 Å². The van der Waals surface area contributed by atoms with Gasteiger partial charge in [0.15, 0.2) is 0 Å². The van der Waals surface area contributed by atoms with Crippen LogP contribution >= 0.6 is 0 Å². The van der Waals surface area contributed by atoms with Crippen molar-refractivity contribution in [1.29, 1.82) is 0 Å². The van der Waals surface area contributed by atoms with E-state index < -0.39 is 0 Å². The molecular formula is C19H40N2. The molecule has 2 nitrogen and oxygen atoms in total. The summed E-state index contributed by atoms with van der Waals surface area (Å²) in [4.78, 5) is 2.70. The summed E-state index contributed by atoms with van der Waals surface area (Å²) in [6.07, 6.45) is 17.3. The molecule has 1 fully saturated rings. The van der Waals surface area contributed by atoms with E-state index >= 15 is 0 Å².